The predicted molar refractivity (Wildman–Crippen MR) is 84.9 cm³/mol. The first-order valence-electron chi connectivity index (χ1n) is 6.40. The van der Waals surface area contributed by atoms with Gasteiger partial charge in [0.25, 0.3) is 6.04 Å². The molecule has 0 spiro atoms. The predicted octanol–water partition coefficient (Wildman–Crippen LogP) is 3.97. The molecule has 2 aromatic rings. The van der Waals surface area contributed by atoms with E-state index < -0.39 is 17.4 Å². The lowest BCUT2D eigenvalue weighted by molar-refractivity contribution is -0.536. The molecule has 0 fully saturated rings. The van der Waals surface area contributed by atoms with Gasteiger partial charge in [0.15, 0.2) is 0 Å². The van der Waals surface area contributed by atoms with Crippen LogP contribution < -0.4 is 0 Å². The normalized spacial score (nSPS) is 24.4. The van der Waals surface area contributed by atoms with Gasteiger partial charge in [-0.25, -0.2) is 0 Å². The number of nitrogens with zero attached hydrogens (tertiary/aromatic N) is 1. The van der Waals surface area contributed by atoms with Crippen molar-refractivity contribution in [2.45, 2.75) is 22.3 Å². The zero-order valence-electron chi connectivity index (χ0n) is 10.8. The molecule has 0 saturated carbocycles. The Balaban J connectivity index is 2.09. The average Bonchev–Trinajstić information content (AvgIpc) is 2.46. The highest BCUT2D eigenvalue weighted by Crippen LogP contribution is 2.50. The topological polar surface area (TPSA) is 63.4 Å². The number of aliphatic hydroxyl groups is 1. The zero-order valence-corrected chi connectivity index (χ0v) is 13.3. The fourth-order valence-electron chi connectivity index (χ4n) is 2.56. The van der Waals surface area contributed by atoms with Crippen molar-refractivity contribution in [3.8, 4) is 0 Å². The molecule has 0 bridgehead atoms. The van der Waals surface area contributed by atoms with E-state index in [1.54, 1.807) is 12.1 Å². The summed E-state index contributed by atoms with van der Waals surface area (Å²) in [6.07, 6.45) is -1.10. The third-order valence-electron chi connectivity index (χ3n) is 3.55. The Morgan fingerprint density at radius 3 is 2.67 bits per heavy atom. The van der Waals surface area contributed by atoms with Gasteiger partial charge in [-0.1, -0.05) is 46.3 Å². The van der Waals surface area contributed by atoms with Crippen LogP contribution in [-0.2, 0) is 0 Å². The molecule has 1 aliphatic rings. The van der Waals surface area contributed by atoms with Gasteiger partial charge in [0, 0.05) is 19.9 Å². The molecule has 3 rings (SSSR count). The number of rotatable bonds is 2. The summed E-state index contributed by atoms with van der Waals surface area (Å²) in [5, 5.41) is 21.5. The quantitative estimate of drug-likeness (QED) is 0.645. The standard InChI is InChI=1S/C15H12BrNO3S/c16-10-5-3-4-9(8-10)15-13(17(19)20)14(18)11-6-1-2-7-12(11)21-15/h1-8,13-15,18H/t13-,14-,15+/m1/s1. The SMILES string of the molecule is O=[N+]([O-])[C@@H]1[C@H](O)c2ccccc2S[C@H]1c1cccc(Br)c1. The third-order valence-corrected chi connectivity index (χ3v) is 5.47. The molecule has 0 saturated heterocycles. The Morgan fingerprint density at radius 2 is 1.95 bits per heavy atom. The first kappa shape index (κ1) is 14.6. The van der Waals surface area contributed by atoms with E-state index in [0.29, 0.717) is 5.56 Å². The summed E-state index contributed by atoms with van der Waals surface area (Å²) in [5.74, 6) is 0. The second kappa shape index (κ2) is 5.79. The van der Waals surface area contributed by atoms with Crippen molar-refractivity contribution in [2.24, 2.45) is 0 Å². The highest BCUT2D eigenvalue weighted by molar-refractivity contribution is 9.10. The smallest absolute Gasteiger partial charge is 0.258 e. The zero-order chi connectivity index (χ0) is 15.0. The van der Waals surface area contributed by atoms with E-state index in [1.807, 2.05) is 36.4 Å². The fraction of sp³-hybridized carbons (Fsp3) is 0.200. The van der Waals surface area contributed by atoms with Crippen molar-refractivity contribution in [3.05, 3.63) is 74.2 Å². The molecule has 0 aromatic heterocycles. The Labute approximate surface area is 134 Å². The number of hydrogen-bond donors (Lipinski definition) is 1. The molecule has 0 radical (unpaired) electrons. The molecule has 0 unspecified atom stereocenters. The van der Waals surface area contributed by atoms with Crippen LogP contribution in [0.5, 0.6) is 0 Å². The van der Waals surface area contributed by atoms with Crippen molar-refractivity contribution in [1.82, 2.24) is 0 Å². The number of nitro groups is 1. The monoisotopic (exact) mass is 365 g/mol. The summed E-state index contributed by atoms with van der Waals surface area (Å²) < 4.78 is 0.871. The van der Waals surface area contributed by atoms with Gasteiger partial charge in [0.1, 0.15) is 11.4 Å². The van der Waals surface area contributed by atoms with E-state index in [0.717, 1.165) is 14.9 Å². The lowest BCUT2D eigenvalue weighted by Gasteiger charge is -2.31. The minimum Gasteiger partial charge on any atom is -0.381 e. The second-order valence-electron chi connectivity index (χ2n) is 4.85. The van der Waals surface area contributed by atoms with Crippen molar-refractivity contribution in [3.63, 3.8) is 0 Å². The molecule has 0 amide bonds. The molecule has 4 nitrogen and oxygen atoms in total. The summed E-state index contributed by atoms with van der Waals surface area (Å²) in [4.78, 5) is 12.0. The molecule has 0 aliphatic carbocycles. The van der Waals surface area contributed by atoms with Crippen LogP contribution in [-0.4, -0.2) is 16.1 Å². The van der Waals surface area contributed by atoms with Crippen molar-refractivity contribution >= 4 is 27.7 Å². The Bertz CT molecular complexity index is 694. The summed E-state index contributed by atoms with van der Waals surface area (Å²) >= 11 is 4.83. The third kappa shape index (κ3) is 2.71. The maximum atomic E-state index is 11.5. The van der Waals surface area contributed by atoms with Crippen molar-refractivity contribution < 1.29 is 10.0 Å². The van der Waals surface area contributed by atoms with E-state index in [9.17, 15) is 15.2 Å². The highest BCUT2D eigenvalue weighted by atomic mass is 79.9. The minimum atomic E-state index is -1.10. The molecule has 3 atom stereocenters. The van der Waals surface area contributed by atoms with Gasteiger partial charge in [0.05, 0.1) is 0 Å². The molecule has 1 heterocycles. The Hall–Kier alpha value is -1.37. The Morgan fingerprint density at radius 1 is 1.19 bits per heavy atom. The maximum absolute atomic E-state index is 11.5. The molecular formula is C15H12BrNO3S. The molecule has 2 aromatic carbocycles. The minimum absolute atomic E-state index is 0.376. The number of benzene rings is 2. The number of fused-ring (bicyclic) bond motifs is 1. The van der Waals surface area contributed by atoms with Crippen LogP contribution in [0.2, 0.25) is 0 Å². The molecular weight excluding hydrogens is 354 g/mol. The van der Waals surface area contributed by atoms with Crippen LogP contribution in [0.4, 0.5) is 0 Å². The number of thioether (sulfide) groups is 1. The Kier molecular flexibility index (Phi) is 4.01. The van der Waals surface area contributed by atoms with Crippen LogP contribution in [0.25, 0.3) is 0 Å². The van der Waals surface area contributed by atoms with Crippen molar-refractivity contribution in [1.29, 1.82) is 0 Å². The summed E-state index contributed by atoms with van der Waals surface area (Å²) in [7, 11) is 0. The van der Waals surface area contributed by atoms with E-state index in [4.69, 9.17) is 0 Å². The maximum Gasteiger partial charge on any atom is 0.258 e. The lowest BCUT2D eigenvalue weighted by atomic mass is 9.95. The van der Waals surface area contributed by atoms with Gasteiger partial charge in [0.2, 0.25) is 0 Å². The molecule has 108 valence electrons. The van der Waals surface area contributed by atoms with Gasteiger partial charge in [-0.15, -0.1) is 11.8 Å². The first-order chi connectivity index (χ1) is 10.1. The van der Waals surface area contributed by atoms with Crippen LogP contribution in [0.15, 0.2) is 57.9 Å². The molecule has 1 aliphatic heterocycles. The summed E-state index contributed by atoms with van der Waals surface area (Å²) in [6, 6.07) is 13.7. The van der Waals surface area contributed by atoms with E-state index in [-0.39, 0.29) is 4.92 Å². The number of hydrogen-bond acceptors (Lipinski definition) is 4. The van der Waals surface area contributed by atoms with E-state index in [2.05, 4.69) is 15.9 Å². The van der Waals surface area contributed by atoms with Gasteiger partial charge < -0.3 is 5.11 Å². The summed E-state index contributed by atoms with van der Waals surface area (Å²) in [6.45, 7) is 0. The van der Waals surface area contributed by atoms with Crippen molar-refractivity contribution in [2.75, 3.05) is 0 Å². The average molecular weight is 366 g/mol. The number of halogens is 1. The van der Waals surface area contributed by atoms with E-state index in [1.165, 1.54) is 11.8 Å². The van der Waals surface area contributed by atoms with Gasteiger partial charge in [-0.05, 0) is 23.8 Å². The van der Waals surface area contributed by atoms with Crippen LogP contribution in [0.1, 0.15) is 22.5 Å². The first-order valence-corrected chi connectivity index (χ1v) is 8.08. The lowest BCUT2D eigenvalue weighted by Crippen LogP contribution is -2.35. The molecule has 6 heteroatoms. The van der Waals surface area contributed by atoms with Crippen LogP contribution in [0.3, 0.4) is 0 Å². The van der Waals surface area contributed by atoms with E-state index >= 15 is 0 Å². The van der Waals surface area contributed by atoms with Crippen LogP contribution >= 0.6 is 27.7 Å². The number of aliphatic hydroxyl groups excluding tert-OH is 1. The molecule has 1 N–H and O–H groups in total. The van der Waals surface area contributed by atoms with Gasteiger partial charge in [-0.2, -0.15) is 0 Å². The van der Waals surface area contributed by atoms with Gasteiger partial charge >= 0.3 is 0 Å². The molecule has 21 heavy (non-hydrogen) atoms. The summed E-state index contributed by atoms with van der Waals surface area (Å²) in [5.41, 5.74) is 1.47. The largest absolute Gasteiger partial charge is 0.381 e. The van der Waals surface area contributed by atoms with Crippen LogP contribution in [0, 0.1) is 10.1 Å². The fourth-order valence-corrected chi connectivity index (χ4v) is 4.41. The second-order valence-corrected chi connectivity index (χ2v) is 6.95. The highest BCUT2D eigenvalue weighted by Gasteiger charge is 2.45. The van der Waals surface area contributed by atoms with Gasteiger partial charge in [-0.3, -0.25) is 10.1 Å².